The smallest absolute Gasteiger partial charge is 0.134 e. The maximum atomic E-state index is 4.21. The molecule has 0 aliphatic heterocycles. The van der Waals surface area contributed by atoms with E-state index in [1.165, 1.54) is 50.1 Å². The third-order valence-electron chi connectivity index (χ3n) is 3.63. The standard InChI is InChI=1S/C12H22N4S/c1-13-12-11(14-15-17-12)9-16(2)10-7-5-3-4-6-8-10/h10,13H,3-9H2,1-2H3. The molecule has 1 aromatic heterocycles. The lowest BCUT2D eigenvalue weighted by molar-refractivity contribution is 0.211. The second-order valence-electron chi connectivity index (χ2n) is 4.86. The van der Waals surface area contributed by atoms with Crippen molar-refractivity contribution in [2.45, 2.75) is 51.1 Å². The summed E-state index contributed by atoms with van der Waals surface area (Å²) >= 11 is 1.44. The number of rotatable bonds is 4. The van der Waals surface area contributed by atoms with Gasteiger partial charge in [0.25, 0.3) is 0 Å². The average Bonchev–Trinajstić information content (AvgIpc) is 2.62. The van der Waals surface area contributed by atoms with Crippen molar-refractivity contribution in [2.24, 2.45) is 0 Å². The molecule has 4 nitrogen and oxygen atoms in total. The van der Waals surface area contributed by atoms with Gasteiger partial charge in [0.1, 0.15) is 10.7 Å². The summed E-state index contributed by atoms with van der Waals surface area (Å²) < 4.78 is 4.01. The van der Waals surface area contributed by atoms with Crippen LogP contribution in [0.25, 0.3) is 0 Å². The van der Waals surface area contributed by atoms with Crippen molar-refractivity contribution in [3.63, 3.8) is 0 Å². The first-order valence-corrected chi connectivity index (χ1v) is 7.28. The Bertz CT molecular complexity index is 331. The topological polar surface area (TPSA) is 41.1 Å². The maximum absolute atomic E-state index is 4.21. The molecular formula is C12H22N4S. The van der Waals surface area contributed by atoms with Gasteiger partial charge < -0.3 is 5.32 Å². The van der Waals surface area contributed by atoms with Crippen LogP contribution in [0, 0.1) is 0 Å². The zero-order chi connectivity index (χ0) is 12.1. The van der Waals surface area contributed by atoms with E-state index in [4.69, 9.17) is 0 Å². The Morgan fingerprint density at radius 1 is 1.29 bits per heavy atom. The van der Waals surface area contributed by atoms with E-state index in [9.17, 15) is 0 Å². The van der Waals surface area contributed by atoms with Crippen molar-refractivity contribution in [1.82, 2.24) is 14.5 Å². The largest absolute Gasteiger partial charge is 0.377 e. The van der Waals surface area contributed by atoms with Crippen LogP contribution in [0.5, 0.6) is 0 Å². The molecule has 0 bridgehead atoms. The van der Waals surface area contributed by atoms with E-state index in [0.29, 0.717) is 0 Å². The van der Waals surface area contributed by atoms with Gasteiger partial charge >= 0.3 is 0 Å². The normalized spacial score (nSPS) is 18.3. The van der Waals surface area contributed by atoms with Crippen molar-refractivity contribution in [1.29, 1.82) is 0 Å². The van der Waals surface area contributed by atoms with Gasteiger partial charge in [-0.05, 0) is 19.9 Å². The van der Waals surface area contributed by atoms with Crippen LogP contribution in [0.4, 0.5) is 5.00 Å². The highest BCUT2D eigenvalue weighted by Crippen LogP contribution is 2.24. The fourth-order valence-corrected chi connectivity index (χ4v) is 3.09. The summed E-state index contributed by atoms with van der Waals surface area (Å²) in [6, 6.07) is 0.726. The van der Waals surface area contributed by atoms with Gasteiger partial charge in [-0.15, -0.1) is 5.10 Å². The van der Waals surface area contributed by atoms with Gasteiger partial charge in [-0.2, -0.15) is 0 Å². The molecule has 0 amide bonds. The van der Waals surface area contributed by atoms with Crippen LogP contribution in [-0.4, -0.2) is 34.6 Å². The Hall–Kier alpha value is -0.680. The predicted molar refractivity (Wildman–Crippen MR) is 72.4 cm³/mol. The van der Waals surface area contributed by atoms with Gasteiger partial charge in [0, 0.05) is 31.2 Å². The van der Waals surface area contributed by atoms with Crippen molar-refractivity contribution in [3.05, 3.63) is 5.69 Å². The lowest BCUT2D eigenvalue weighted by atomic mass is 10.1. The summed E-state index contributed by atoms with van der Waals surface area (Å²) in [4.78, 5) is 2.45. The molecule has 1 aromatic rings. The Morgan fingerprint density at radius 3 is 2.65 bits per heavy atom. The monoisotopic (exact) mass is 254 g/mol. The second kappa shape index (κ2) is 6.31. The molecule has 1 saturated carbocycles. The number of nitrogens with zero attached hydrogens (tertiary/aromatic N) is 3. The van der Waals surface area contributed by atoms with Gasteiger partial charge in [0.05, 0.1) is 0 Å². The van der Waals surface area contributed by atoms with Gasteiger partial charge in [-0.1, -0.05) is 30.2 Å². The van der Waals surface area contributed by atoms with E-state index in [0.717, 1.165) is 23.3 Å². The SMILES string of the molecule is CNc1snnc1CN(C)C1CCCCCC1. The lowest BCUT2D eigenvalue weighted by Crippen LogP contribution is -2.31. The molecular weight excluding hydrogens is 232 g/mol. The number of nitrogens with one attached hydrogen (secondary N) is 1. The molecule has 1 aliphatic carbocycles. The number of aromatic nitrogens is 2. The minimum atomic E-state index is 0.726. The summed E-state index contributed by atoms with van der Waals surface area (Å²) in [6.07, 6.45) is 8.24. The quantitative estimate of drug-likeness (QED) is 0.839. The molecule has 1 N–H and O–H groups in total. The zero-order valence-corrected chi connectivity index (χ0v) is 11.6. The molecule has 1 fully saturated rings. The summed E-state index contributed by atoms with van der Waals surface area (Å²) in [7, 11) is 4.15. The summed E-state index contributed by atoms with van der Waals surface area (Å²) in [5.41, 5.74) is 1.09. The fourth-order valence-electron chi connectivity index (χ4n) is 2.57. The Kier molecular flexibility index (Phi) is 4.74. The van der Waals surface area contributed by atoms with Crippen molar-refractivity contribution < 1.29 is 0 Å². The van der Waals surface area contributed by atoms with Crippen LogP contribution in [0.3, 0.4) is 0 Å². The molecule has 1 heterocycles. The molecule has 0 atom stereocenters. The Balaban J connectivity index is 1.93. The van der Waals surface area contributed by atoms with Gasteiger partial charge in [-0.3, -0.25) is 4.90 Å². The Morgan fingerprint density at radius 2 is 2.00 bits per heavy atom. The predicted octanol–water partition coefficient (Wildman–Crippen LogP) is 2.73. The van der Waals surface area contributed by atoms with E-state index < -0.39 is 0 Å². The number of hydrogen-bond donors (Lipinski definition) is 1. The van der Waals surface area contributed by atoms with Gasteiger partial charge in [0.2, 0.25) is 0 Å². The van der Waals surface area contributed by atoms with Crippen LogP contribution in [0.15, 0.2) is 0 Å². The molecule has 0 aromatic carbocycles. The van der Waals surface area contributed by atoms with Crippen molar-refractivity contribution in [2.75, 3.05) is 19.4 Å². The molecule has 0 unspecified atom stereocenters. The first kappa shape index (κ1) is 12.8. The van der Waals surface area contributed by atoms with E-state index in [1.54, 1.807) is 0 Å². The highest BCUT2D eigenvalue weighted by Gasteiger charge is 2.19. The minimum absolute atomic E-state index is 0.726. The molecule has 0 radical (unpaired) electrons. The molecule has 1 aliphatic rings. The highest BCUT2D eigenvalue weighted by atomic mass is 32.1. The minimum Gasteiger partial charge on any atom is -0.377 e. The van der Waals surface area contributed by atoms with Crippen LogP contribution < -0.4 is 5.32 Å². The van der Waals surface area contributed by atoms with E-state index in [-0.39, 0.29) is 0 Å². The third-order valence-corrected chi connectivity index (χ3v) is 4.42. The molecule has 0 spiro atoms. The third kappa shape index (κ3) is 3.39. The van der Waals surface area contributed by atoms with Crippen LogP contribution >= 0.6 is 11.5 Å². The Labute approximate surface area is 108 Å². The number of hydrogen-bond acceptors (Lipinski definition) is 5. The second-order valence-corrected chi connectivity index (χ2v) is 5.61. The van der Waals surface area contributed by atoms with Crippen LogP contribution in [0.2, 0.25) is 0 Å². The van der Waals surface area contributed by atoms with E-state index in [1.807, 2.05) is 7.05 Å². The maximum Gasteiger partial charge on any atom is 0.134 e. The van der Waals surface area contributed by atoms with Gasteiger partial charge in [-0.25, -0.2) is 0 Å². The lowest BCUT2D eigenvalue weighted by Gasteiger charge is -2.26. The molecule has 5 heteroatoms. The highest BCUT2D eigenvalue weighted by molar-refractivity contribution is 7.10. The summed E-state index contributed by atoms with van der Waals surface area (Å²) in [5.74, 6) is 0. The number of anilines is 1. The van der Waals surface area contributed by atoms with Crippen LogP contribution in [-0.2, 0) is 6.54 Å². The molecule has 0 saturated heterocycles. The van der Waals surface area contributed by atoms with E-state index in [2.05, 4.69) is 26.9 Å². The first-order chi connectivity index (χ1) is 8.31. The van der Waals surface area contributed by atoms with E-state index >= 15 is 0 Å². The van der Waals surface area contributed by atoms with Gasteiger partial charge in [0.15, 0.2) is 0 Å². The zero-order valence-electron chi connectivity index (χ0n) is 10.8. The molecule has 2 rings (SSSR count). The first-order valence-electron chi connectivity index (χ1n) is 6.50. The average molecular weight is 254 g/mol. The van der Waals surface area contributed by atoms with Crippen molar-refractivity contribution >= 4 is 16.5 Å². The van der Waals surface area contributed by atoms with Crippen LogP contribution in [0.1, 0.15) is 44.2 Å². The van der Waals surface area contributed by atoms with Crippen molar-refractivity contribution in [3.8, 4) is 0 Å². The summed E-state index contributed by atoms with van der Waals surface area (Å²) in [6.45, 7) is 0.914. The summed E-state index contributed by atoms with van der Waals surface area (Å²) in [5, 5.41) is 8.47. The fraction of sp³-hybridized carbons (Fsp3) is 0.833. The molecule has 17 heavy (non-hydrogen) atoms. The molecule has 96 valence electrons.